The Hall–Kier alpha value is -4.27. The van der Waals surface area contributed by atoms with Crippen molar-refractivity contribution in [3.8, 4) is 0 Å². The van der Waals surface area contributed by atoms with E-state index in [0.717, 1.165) is 0 Å². The Kier molecular flexibility index (Phi) is 8.12. The third kappa shape index (κ3) is 5.77. The van der Waals surface area contributed by atoms with Crippen molar-refractivity contribution in [2.75, 3.05) is 13.7 Å². The SMILES string of the molecule is C=C[C@]1(COC(=O)c2ccccc2)OC(OC)[C@H](OC(=O)c2ccccc2)[C@@H]1OC(=O)c1ccccc1. The molecule has 1 aliphatic rings. The molecule has 0 saturated carbocycles. The molecule has 0 aromatic heterocycles. The fourth-order valence-electron chi connectivity index (χ4n) is 3.94. The molecule has 8 heteroatoms. The van der Waals surface area contributed by atoms with Gasteiger partial charge in [-0.15, -0.1) is 0 Å². The Morgan fingerprint density at radius 1 is 0.784 bits per heavy atom. The van der Waals surface area contributed by atoms with Gasteiger partial charge in [-0.1, -0.05) is 67.3 Å². The van der Waals surface area contributed by atoms with Gasteiger partial charge >= 0.3 is 17.9 Å². The summed E-state index contributed by atoms with van der Waals surface area (Å²) in [5, 5.41) is 0. The molecule has 190 valence electrons. The Balaban J connectivity index is 1.64. The fraction of sp³-hybridized carbons (Fsp3) is 0.207. The molecule has 1 aliphatic heterocycles. The number of hydrogen-bond donors (Lipinski definition) is 0. The number of methoxy groups -OCH3 is 1. The average molecular weight is 503 g/mol. The largest absolute Gasteiger partial charge is 0.458 e. The van der Waals surface area contributed by atoms with Crippen LogP contribution in [0.2, 0.25) is 0 Å². The van der Waals surface area contributed by atoms with Crippen LogP contribution in [0.5, 0.6) is 0 Å². The molecule has 4 atom stereocenters. The number of carbonyl (C=O) groups is 3. The molecule has 1 heterocycles. The topological polar surface area (TPSA) is 97.4 Å². The van der Waals surface area contributed by atoms with Gasteiger partial charge in [-0.3, -0.25) is 0 Å². The minimum atomic E-state index is -1.57. The minimum absolute atomic E-state index is 0.274. The normalized spacial score (nSPS) is 22.6. The zero-order valence-electron chi connectivity index (χ0n) is 20.1. The number of hydrogen-bond acceptors (Lipinski definition) is 8. The lowest BCUT2D eigenvalue weighted by Gasteiger charge is -2.31. The van der Waals surface area contributed by atoms with Crippen molar-refractivity contribution >= 4 is 17.9 Å². The summed E-state index contributed by atoms with van der Waals surface area (Å²) in [5.74, 6) is -1.97. The van der Waals surface area contributed by atoms with E-state index in [1.54, 1.807) is 91.0 Å². The zero-order chi connectivity index (χ0) is 26.3. The van der Waals surface area contributed by atoms with Crippen LogP contribution in [-0.2, 0) is 23.7 Å². The van der Waals surface area contributed by atoms with E-state index in [0.29, 0.717) is 5.56 Å². The van der Waals surface area contributed by atoms with Gasteiger partial charge in [0.1, 0.15) is 6.61 Å². The number of rotatable bonds is 9. The molecule has 3 aromatic rings. The predicted octanol–water partition coefficient (Wildman–Crippen LogP) is 4.22. The Labute approximate surface area is 214 Å². The van der Waals surface area contributed by atoms with Gasteiger partial charge < -0.3 is 23.7 Å². The predicted molar refractivity (Wildman–Crippen MR) is 133 cm³/mol. The molecule has 3 aromatic carbocycles. The summed E-state index contributed by atoms with van der Waals surface area (Å²) in [6.07, 6.45) is -2.23. The fourth-order valence-corrected chi connectivity index (χ4v) is 3.94. The van der Waals surface area contributed by atoms with Crippen molar-refractivity contribution in [1.29, 1.82) is 0 Å². The van der Waals surface area contributed by atoms with Gasteiger partial charge in [0.2, 0.25) is 0 Å². The second-order valence-electron chi connectivity index (χ2n) is 8.25. The maximum absolute atomic E-state index is 13.1. The number of carbonyl (C=O) groups excluding carboxylic acids is 3. The molecule has 4 rings (SSSR count). The van der Waals surface area contributed by atoms with Crippen LogP contribution in [0.25, 0.3) is 0 Å². The Morgan fingerprint density at radius 2 is 1.24 bits per heavy atom. The smallest absolute Gasteiger partial charge is 0.338 e. The van der Waals surface area contributed by atoms with Crippen LogP contribution in [0.4, 0.5) is 0 Å². The quantitative estimate of drug-likeness (QED) is 0.244. The molecular formula is C29H26O8. The number of ether oxygens (including phenoxy) is 5. The summed E-state index contributed by atoms with van der Waals surface area (Å²) < 4.78 is 28.6. The van der Waals surface area contributed by atoms with Gasteiger partial charge in [0.15, 0.2) is 24.1 Å². The average Bonchev–Trinajstić information content (AvgIpc) is 3.25. The monoisotopic (exact) mass is 502 g/mol. The molecule has 1 fully saturated rings. The highest BCUT2D eigenvalue weighted by molar-refractivity contribution is 5.91. The summed E-state index contributed by atoms with van der Waals surface area (Å²) in [7, 11) is 1.36. The van der Waals surface area contributed by atoms with Crippen molar-refractivity contribution in [2.45, 2.75) is 24.1 Å². The van der Waals surface area contributed by atoms with Crippen molar-refractivity contribution in [3.05, 3.63) is 120 Å². The standard InChI is InChI=1S/C29H26O8/c1-3-29(19-34-25(30)20-13-7-4-8-14-20)24(36-27(32)22-17-11-6-12-18-22)23(28(33-2)37-29)35-26(31)21-15-9-5-10-16-21/h3-18,23-24,28H,1,19H2,2H3/t23-,24+,28?,29-/m1/s1. The van der Waals surface area contributed by atoms with Gasteiger partial charge in [0.05, 0.1) is 16.7 Å². The Bertz CT molecular complexity index is 1230. The molecule has 37 heavy (non-hydrogen) atoms. The molecule has 0 radical (unpaired) electrons. The van der Waals surface area contributed by atoms with Crippen LogP contribution in [0.3, 0.4) is 0 Å². The maximum atomic E-state index is 13.1. The van der Waals surface area contributed by atoms with E-state index in [1.807, 2.05) is 0 Å². The highest BCUT2D eigenvalue weighted by atomic mass is 16.7. The van der Waals surface area contributed by atoms with Gasteiger partial charge in [-0.05, 0) is 36.4 Å². The summed E-state index contributed by atoms with van der Waals surface area (Å²) in [6.45, 7) is 3.45. The Morgan fingerprint density at radius 3 is 1.70 bits per heavy atom. The molecule has 0 N–H and O–H groups in total. The first-order valence-electron chi connectivity index (χ1n) is 11.6. The number of benzene rings is 3. The van der Waals surface area contributed by atoms with Gasteiger partial charge in [0.25, 0.3) is 0 Å². The van der Waals surface area contributed by atoms with E-state index in [-0.39, 0.29) is 17.7 Å². The second kappa shape index (κ2) is 11.6. The highest BCUT2D eigenvalue weighted by Gasteiger charge is 2.59. The van der Waals surface area contributed by atoms with Gasteiger partial charge in [-0.2, -0.15) is 0 Å². The summed E-state index contributed by atoms with van der Waals surface area (Å²) in [5.41, 5.74) is -0.683. The summed E-state index contributed by atoms with van der Waals surface area (Å²) >= 11 is 0. The first-order valence-corrected chi connectivity index (χ1v) is 11.6. The molecule has 0 amide bonds. The third-order valence-electron chi connectivity index (χ3n) is 5.90. The summed E-state index contributed by atoms with van der Waals surface area (Å²) in [4.78, 5) is 38.7. The van der Waals surface area contributed by atoms with E-state index in [9.17, 15) is 14.4 Å². The molecule has 8 nitrogen and oxygen atoms in total. The first-order chi connectivity index (χ1) is 18.0. The lowest BCUT2D eigenvalue weighted by Crippen LogP contribution is -2.49. The summed E-state index contributed by atoms with van der Waals surface area (Å²) in [6, 6.07) is 25.0. The van der Waals surface area contributed by atoms with Crippen molar-refractivity contribution in [3.63, 3.8) is 0 Å². The highest BCUT2D eigenvalue weighted by Crippen LogP contribution is 2.38. The van der Waals surface area contributed by atoms with E-state index < -0.39 is 42.0 Å². The van der Waals surface area contributed by atoms with E-state index in [2.05, 4.69) is 6.58 Å². The van der Waals surface area contributed by atoms with E-state index in [4.69, 9.17) is 23.7 Å². The van der Waals surface area contributed by atoms with Crippen LogP contribution in [-0.4, -0.2) is 55.7 Å². The van der Waals surface area contributed by atoms with Gasteiger partial charge in [-0.25, -0.2) is 14.4 Å². The second-order valence-corrected chi connectivity index (χ2v) is 8.25. The maximum Gasteiger partial charge on any atom is 0.338 e. The third-order valence-corrected chi connectivity index (χ3v) is 5.90. The molecule has 0 aliphatic carbocycles. The molecule has 1 saturated heterocycles. The van der Waals surface area contributed by atoms with E-state index in [1.165, 1.54) is 13.2 Å². The van der Waals surface area contributed by atoms with Crippen molar-refractivity contribution < 1.29 is 38.1 Å². The van der Waals surface area contributed by atoms with Crippen LogP contribution >= 0.6 is 0 Å². The lowest BCUT2D eigenvalue weighted by atomic mass is 9.95. The molecular weight excluding hydrogens is 476 g/mol. The molecule has 0 bridgehead atoms. The van der Waals surface area contributed by atoms with Crippen molar-refractivity contribution in [2.24, 2.45) is 0 Å². The van der Waals surface area contributed by atoms with Crippen LogP contribution in [0.15, 0.2) is 104 Å². The van der Waals surface area contributed by atoms with Crippen molar-refractivity contribution in [1.82, 2.24) is 0 Å². The zero-order valence-corrected chi connectivity index (χ0v) is 20.1. The number of esters is 3. The lowest BCUT2D eigenvalue weighted by molar-refractivity contribution is -0.174. The van der Waals surface area contributed by atoms with Gasteiger partial charge in [0, 0.05) is 7.11 Å². The first kappa shape index (κ1) is 25.8. The van der Waals surface area contributed by atoms with E-state index >= 15 is 0 Å². The van der Waals surface area contributed by atoms with Crippen LogP contribution in [0.1, 0.15) is 31.1 Å². The van der Waals surface area contributed by atoms with Crippen LogP contribution < -0.4 is 0 Å². The minimum Gasteiger partial charge on any atom is -0.458 e. The molecule has 1 unspecified atom stereocenters. The van der Waals surface area contributed by atoms with Crippen LogP contribution in [0, 0.1) is 0 Å². The molecule has 0 spiro atoms.